The number of halogens is 1. The van der Waals surface area contributed by atoms with Gasteiger partial charge in [-0.05, 0) is 37.0 Å². The highest BCUT2D eigenvalue weighted by atomic mass is 19.1. The molecule has 1 atom stereocenters. The van der Waals surface area contributed by atoms with Gasteiger partial charge in [-0.25, -0.2) is 4.39 Å². The molecule has 6 heteroatoms. The Kier molecular flexibility index (Phi) is 5.27. The zero-order valence-corrected chi connectivity index (χ0v) is 11.7. The number of amides is 2. The van der Waals surface area contributed by atoms with E-state index < -0.39 is 11.7 Å². The van der Waals surface area contributed by atoms with Crippen LogP contribution in [0, 0.1) is 11.7 Å². The largest absolute Gasteiger partial charge is 0.396 e. The number of aliphatic hydroxyl groups excluding tert-OH is 1. The monoisotopic (exact) mass is 294 g/mol. The SMILES string of the molecule is O=C(NCC(=O)N1CCCC(CO)C1)c1cccc(F)c1. The summed E-state index contributed by atoms with van der Waals surface area (Å²) < 4.78 is 13.0. The molecule has 0 bridgehead atoms. The smallest absolute Gasteiger partial charge is 0.251 e. The van der Waals surface area contributed by atoms with Gasteiger partial charge in [0.2, 0.25) is 5.91 Å². The number of carbonyl (C=O) groups excluding carboxylic acids is 2. The Bertz CT molecular complexity index is 521. The van der Waals surface area contributed by atoms with Gasteiger partial charge in [0, 0.05) is 25.3 Å². The van der Waals surface area contributed by atoms with E-state index in [9.17, 15) is 14.0 Å². The molecule has 0 saturated carbocycles. The molecule has 1 aliphatic heterocycles. The Hall–Kier alpha value is -1.95. The molecule has 5 nitrogen and oxygen atoms in total. The number of benzene rings is 1. The molecule has 1 unspecified atom stereocenters. The van der Waals surface area contributed by atoms with Crippen LogP contribution in [-0.2, 0) is 4.79 Å². The van der Waals surface area contributed by atoms with Crippen molar-refractivity contribution in [1.82, 2.24) is 10.2 Å². The van der Waals surface area contributed by atoms with Gasteiger partial charge < -0.3 is 15.3 Å². The van der Waals surface area contributed by atoms with Gasteiger partial charge in [0.05, 0.1) is 6.54 Å². The molecule has 1 heterocycles. The first-order valence-electron chi connectivity index (χ1n) is 7.02. The predicted octanol–water partition coefficient (Wildman–Crippen LogP) is 0.786. The lowest BCUT2D eigenvalue weighted by molar-refractivity contribution is -0.132. The topological polar surface area (TPSA) is 69.6 Å². The van der Waals surface area contributed by atoms with Gasteiger partial charge in [0.15, 0.2) is 0 Å². The highest BCUT2D eigenvalue weighted by Crippen LogP contribution is 2.15. The van der Waals surface area contributed by atoms with E-state index in [1.165, 1.54) is 18.2 Å². The number of nitrogens with zero attached hydrogens (tertiary/aromatic N) is 1. The van der Waals surface area contributed by atoms with E-state index >= 15 is 0 Å². The summed E-state index contributed by atoms with van der Waals surface area (Å²) in [5.41, 5.74) is 0.190. The lowest BCUT2D eigenvalue weighted by atomic mass is 9.99. The van der Waals surface area contributed by atoms with Crippen LogP contribution in [0.3, 0.4) is 0 Å². The standard InChI is InChI=1S/C15H19FN2O3/c16-13-5-1-4-12(7-13)15(21)17-8-14(20)18-6-2-3-11(9-18)10-19/h1,4-5,7,11,19H,2-3,6,8-10H2,(H,17,21). The maximum Gasteiger partial charge on any atom is 0.251 e. The zero-order valence-electron chi connectivity index (χ0n) is 11.7. The number of carbonyl (C=O) groups is 2. The molecule has 2 N–H and O–H groups in total. The quantitative estimate of drug-likeness (QED) is 0.862. The maximum atomic E-state index is 13.0. The molecule has 0 aliphatic carbocycles. The average Bonchev–Trinajstić information content (AvgIpc) is 2.52. The Morgan fingerprint density at radius 3 is 2.95 bits per heavy atom. The number of aliphatic hydroxyl groups is 1. The molecule has 1 saturated heterocycles. The Morgan fingerprint density at radius 2 is 2.24 bits per heavy atom. The van der Waals surface area contributed by atoms with E-state index in [1.807, 2.05) is 0 Å². The number of nitrogens with one attached hydrogen (secondary N) is 1. The predicted molar refractivity (Wildman–Crippen MR) is 75.1 cm³/mol. The summed E-state index contributed by atoms with van der Waals surface area (Å²) in [7, 11) is 0. The summed E-state index contributed by atoms with van der Waals surface area (Å²) in [6.45, 7) is 1.11. The second-order valence-corrected chi connectivity index (χ2v) is 5.22. The Balaban J connectivity index is 1.84. The fourth-order valence-electron chi connectivity index (χ4n) is 2.44. The number of hydrogen-bond acceptors (Lipinski definition) is 3. The lowest BCUT2D eigenvalue weighted by Gasteiger charge is -2.31. The van der Waals surface area contributed by atoms with E-state index in [1.54, 1.807) is 4.90 Å². The normalized spacial score (nSPS) is 18.4. The number of hydrogen-bond donors (Lipinski definition) is 2. The first-order valence-corrected chi connectivity index (χ1v) is 7.02. The molecule has 2 rings (SSSR count). The van der Waals surface area contributed by atoms with Crippen molar-refractivity contribution in [3.63, 3.8) is 0 Å². The molecular formula is C15H19FN2O3. The summed E-state index contributed by atoms with van der Waals surface area (Å²) in [6.07, 6.45) is 1.77. The van der Waals surface area contributed by atoms with Crippen LogP contribution in [0.2, 0.25) is 0 Å². The van der Waals surface area contributed by atoms with Crippen LogP contribution in [0.4, 0.5) is 4.39 Å². The highest BCUT2D eigenvalue weighted by molar-refractivity contribution is 5.96. The van der Waals surface area contributed by atoms with Gasteiger partial charge in [-0.3, -0.25) is 9.59 Å². The van der Waals surface area contributed by atoms with Crippen molar-refractivity contribution in [2.75, 3.05) is 26.2 Å². The van der Waals surface area contributed by atoms with Gasteiger partial charge in [0.1, 0.15) is 5.82 Å². The fraction of sp³-hybridized carbons (Fsp3) is 0.467. The van der Waals surface area contributed by atoms with Crippen LogP contribution in [0.25, 0.3) is 0 Å². The average molecular weight is 294 g/mol. The van der Waals surface area contributed by atoms with Gasteiger partial charge in [-0.15, -0.1) is 0 Å². The molecule has 2 amide bonds. The van der Waals surface area contributed by atoms with Crippen molar-refractivity contribution in [2.24, 2.45) is 5.92 Å². The molecule has 21 heavy (non-hydrogen) atoms. The van der Waals surface area contributed by atoms with E-state index in [4.69, 9.17) is 5.11 Å². The summed E-state index contributed by atoms with van der Waals surface area (Å²) in [4.78, 5) is 25.5. The lowest BCUT2D eigenvalue weighted by Crippen LogP contribution is -2.45. The molecular weight excluding hydrogens is 275 g/mol. The van der Waals surface area contributed by atoms with E-state index in [0.717, 1.165) is 18.9 Å². The second kappa shape index (κ2) is 7.17. The summed E-state index contributed by atoms with van der Waals surface area (Å²) >= 11 is 0. The molecule has 0 aromatic heterocycles. The molecule has 0 spiro atoms. The molecule has 114 valence electrons. The van der Waals surface area contributed by atoms with E-state index in [2.05, 4.69) is 5.32 Å². The van der Waals surface area contributed by atoms with Crippen LogP contribution in [0.1, 0.15) is 23.2 Å². The van der Waals surface area contributed by atoms with Gasteiger partial charge in [0.25, 0.3) is 5.91 Å². The third-order valence-corrected chi connectivity index (χ3v) is 3.62. The van der Waals surface area contributed by atoms with Gasteiger partial charge >= 0.3 is 0 Å². The van der Waals surface area contributed by atoms with Crippen LogP contribution >= 0.6 is 0 Å². The van der Waals surface area contributed by atoms with E-state index in [-0.39, 0.29) is 30.5 Å². The zero-order chi connectivity index (χ0) is 15.2. The Morgan fingerprint density at radius 1 is 1.43 bits per heavy atom. The van der Waals surface area contributed by atoms with Crippen LogP contribution < -0.4 is 5.32 Å². The first-order chi connectivity index (χ1) is 10.1. The minimum atomic E-state index is -0.490. The van der Waals surface area contributed by atoms with Crippen LogP contribution in [0.15, 0.2) is 24.3 Å². The minimum absolute atomic E-state index is 0.0689. The number of likely N-dealkylation sites (tertiary alicyclic amines) is 1. The van der Waals surface area contributed by atoms with Crippen molar-refractivity contribution in [3.8, 4) is 0 Å². The summed E-state index contributed by atoms with van der Waals surface area (Å²) in [5.74, 6) is -1.03. The van der Waals surface area contributed by atoms with Gasteiger partial charge in [-0.1, -0.05) is 6.07 Å². The first kappa shape index (κ1) is 15.4. The van der Waals surface area contributed by atoms with Crippen molar-refractivity contribution in [1.29, 1.82) is 0 Å². The number of rotatable bonds is 4. The molecule has 1 aliphatic rings. The third-order valence-electron chi connectivity index (χ3n) is 3.62. The van der Waals surface area contributed by atoms with Crippen molar-refractivity contribution >= 4 is 11.8 Å². The Labute approximate surface area is 122 Å². The second-order valence-electron chi connectivity index (χ2n) is 5.22. The molecule has 1 aromatic carbocycles. The number of piperidine rings is 1. The van der Waals surface area contributed by atoms with Crippen molar-refractivity contribution in [2.45, 2.75) is 12.8 Å². The van der Waals surface area contributed by atoms with Crippen LogP contribution in [-0.4, -0.2) is 48.1 Å². The summed E-state index contributed by atoms with van der Waals surface area (Å²) in [5, 5.41) is 11.6. The summed E-state index contributed by atoms with van der Waals surface area (Å²) in [6, 6.07) is 5.32. The van der Waals surface area contributed by atoms with E-state index in [0.29, 0.717) is 13.1 Å². The molecule has 0 radical (unpaired) electrons. The van der Waals surface area contributed by atoms with Crippen molar-refractivity contribution < 1.29 is 19.1 Å². The fourth-order valence-corrected chi connectivity index (χ4v) is 2.44. The molecule has 1 aromatic rings. The van der Waals surface area contributed by atoms with Crippen LogP contribution in [0.5, 0.6) is 0 Å². The third kappa shape index (κ3) is 4.26. The molecule has 1 fully saturated rings. The highest BCUT2D eigenvalue weighted by Gasteiger charge is 2.23. The van der Waals surface area contributed by atoms with Gasteiger partial charge in [-0.2, -0.15) is 0 Å². The minimum Gasteiger partial charge on any atom is -0.396 e. The maximum absolute atomic E-state index is 13.0. The van der Waals surface area contributed by atoms with Crippen molar-refractivity contribution in [3.05, 3.63) is 35.6 Å².